The highest BCUT2D eigenvalue weighted by Crippen LogP contribution is 2.19. The average molecular weight is 271 g/mol. The third-order valence-corrected chi connectivity index (χ3v) is 3.76. The van der Waals surface area contributed by atoms with Gasteiger partial charge in [-0.05, 0) is 37.2 Å². The normalized spacial score (nSPS) is 15.6. The molecule has 19 heavy (non-hydrogen) atoms. The fraction of sp³-hybridized carbons (Fsp3) is 0.333. The van der Waals surface area contributed by atoms with E-state index in [0.717, 1.165) is 16.6 Å². The van der Waals surface area contributed by atoms with Crippen LogP contribution in [0.4, 0.5) is 5.69 Å². The highest BCUT2D eigenvalue weighted by Gasteiger charge is 2.15. The van der Waals surface area contributed by atoms with E-state index in [1.807, 2.05) is 24.4 Å². The van der Waals surface area contributed by atoms with E-state index in [2.05, 4.69) is 27.8 Å². The Morgan fingerprint density at radius 2 is 2.00 bits per heavy atom. The summed E-state index contributed by atoms with van der Waals surface area (Å²) in [6.07, 6.45) is 6.87. The summed E-state index contributed by atoms with van der Waals surface area (Å²) in [6, 6.07) is 10.7. The number of hydrogen-bond donors (Lipinski definition) is 2. The minimum atomic E-state index is 0.536. The van der Waals surface area contributed by atoms with E-state index < -0.39 is 0 Å². The first-order valence-electron chi connectivity index (χ1n) is 6.73. The number of rotatable bonds is 2. The molecular weight excluding hydrogens is 254 g/mol. The van der Waals surface area contributed by atoms with Crippen LogP contribution in [0.3, 0.4) is 0 Å². The van der Waals surface area contributed by atoms with E-state index in [0.29, 0.717) is 11.2 Å². The van der Waals surface area contributed by atoms with Crippen LogP contribution in [-0.4, -0.2) is 16.1 Å². The SMILES string of the molecule is S=C(Nc1cnc2ccccc2c1)NC1CCCC1. The van der Waals surface area contributed by atoms with Gasteiger partial charge >= 0.3 is 0 Å². The van der Waals surface area contributed by atoms with Crippen molar-refractivity contribution in [1.82, 2.24) is 10.3 Å². The molecule has 2 N–H and O–H groups in total. The molecule has 0 aliphatic heterocycles. The van der Waals surface area contributed by atoms with Gasteiger partial charge in [0.05, 0.1) is 17.4 Å². The highest BCUT2D eigenvalue weighted by atomic mass is 32.1. The Morgan fingerprint density at radius 3 is 2.84 bits per heavy atom. The summed E-state index contributed by atoms with van der Waals surface area (Å²) in [4.78, 5) is 4.42. The number of thiocarbonyl (C=S) groups is 1. The Balaban J connectivity index is 1.68. The van der Waals surface area contributed by atoms with Crippen LogP contribution in [0.5, 0.6) is 0 Å². The van der Waals surface area contributed by atoms with E-state index in [1.165, 1.54) is 25.7 Å². The molecule has 98 valence electrons. The molecule has 1 aromatic heterocycles. The molecule has 1 saturated carbocycles. The predicted octanol–water partition coefficient (Wildman–Crippen LogP) is 3.46. The molecule has 1 aliphatic rings. The molecule has 0 unspecified atom stereocenters. The molecule has 0 bridgehead atoms. The molecule has 1 fully saturated rings. The Hall–Kier alpha value is -1.68. The molecule has 1 aliphatic carbocycles. The Labute approximate surface area is 118 Å². The maximum atomic E-state index is 5.35. The molecule has 1 heterocycles. The van der Waals surface area contributed by atoms with Crippen molar-refractivity contribution in [2.24, 2.45) is 0 Å². The number of fused-ring (bicyclic) bond motifs is 1. The molecule has 0 radical (unpaired) electrons. The van der Waals surface area contributed by atoms with Crippen molar-refractivity contribution in [3.63, 3.8) is 0 Å². The summed E-state index contributed by atoms with van der Waals surface area (Å²) in [5, 5.41) is 8.41. The fourth-order valence-electron chi connectivity index (χ4n) is 2.56. The molecular formula is C15H17N3S. The number of pyridine rings is 1. The molecule has 2 aromatic rings. The predicted molar refractivity (Wildman–Crippen MR) is 83.4 cm³/mol. The maximum Gasteiger partial charge on any atom is 0.171 e. The summed E-state index contributed by atoms with van der Waals surface area (Å²) >= 11 is 5.35. The van der Waals surface area contributed by atoms with Gasteiger partial charge < -0.3 is 10.6 Å². The second-order valence-electron chi connectivity index (χ2n) is 5.00. The third-order valence-electron chi connectivity index (χ3n) is 3.54. The van der Waals surface area contributed by atoms with Gasteiger partial charge in [0.1, 0.15) is 0 Å². The Bertz CT molecular complexity index is 591. The number of benzene rings is 1. The van der Waals surface area contributed by atoms with Gasteiger partial charge in [-0.2, -0.15) is 0 Å². The first-order valence-corrected chi connectivity index (χ1v) is 7.14. The number of hydrogen-bond acceptors (Lipinski definition) is 2. The molecule has 0 atom stereocenters. The van der Waals surface area contributed by atoms with Gasteiger partial charge in [0.25, 0.3) is 0 Å². The number of aromatic nitrogens is 1. The minimum absolute atomic E-state index is 0.536. The van der Waals surface area contributed by atoms with Gasteiger partial charge in [-0.25, -0.2) is 0 Å². The lowest BCUT2D eigenvalue weighted by Crippen LogP contribution is -2.35. The molecule has 3 nitrogen and oxygen atoms in total. The van der Waals surface area contributed by atoms with Gasteiger partial charge in [0, 0.05) is 11.4 Å². The summed E-state index contributed by atoms with van der Waals surface area (Å²) in [5.74, 6) is 0. The second kappa shape index (κ2) is 5.53. The van der Waals surface area contributed by atoms with Gasteiger partial charge in [0.2, 0.25) is 0 Å². The third kappa shape index (κ3) is 3.01. The van der Waals surface area contributed by atoms with Crippen molar-refractivity contribution >= 4 is 33.9 Å². The largest absolute Gasteiger partial charge is 0.360 e. The lowest BCUT2D eigenvalue weighted by Gasteiger charge is -2.15. The van der Waals surface area contributed by atoms with Crippen molar-refractivity contribution in [3.8, 4) is 0 Å². The fourth-order valence-corrected chi connectivity index (χ4v) is 2.85. The van der Waals surface area contributed by atoms with Crippen LogP contribution in [0, 0.1) is 0 Å². The summed E-state index contributed by atoms with van der Waals surface area (Å²) in [5.41, 5.74) is 1.94. The smallest absolute Gasteiger partial charge is 0.171 e. The van der Waals surface area contributed by atoms with E-state index in [1.54, 1.807) is 0 Å². The minimum Gasteiger partial charge on any atom is -0.360 e. The van der Waals surface area contributed by atoms with E-state index >= 15 is 0 Å². The number of anilines is 1. The molecule has 0 amide bonds. The summed E-state index contributed by atoms with van der Waals surface area (Å²) in [7, 11) is 0. The Kier molecular flexibility index (Phi) is 3.60. The first-order chi connectivity index (χ1) is 9.31. The quantitative estimate of drug-likeness (QED) is 0.820. The lowest BCUT2D eigenvalue weighted by molar-refractivity contribution is 0.634. The van der Waals surface area contributed by atoms with Crippen molar-refractivity contribution < 1.29 is 0 Å². The van der Waals surface area contributed by atoms with Gasteiger partial charge in [-0.3, -0.25) is 4.98 Å². The Morgan fingerprint density at radius 1 is 1.21 bits per heavy atom. The van der Waals surface area contributed by atoms with E-state index in [4.69, 9.17) is 12.2 Å². The van der Waals surface area contributed by atoms with Crippen LogP contribution in [0.15, 0.2) is 36.5 Å². The number of nitrogens with one attached hydrogen (secondary N) is 2. The first kappa shape index (κ1) is 12.4. The summed E-state index contributed by atoms with van der Waals surface area (Å²) in [6.45, 7) is 0. The van der Waals surface area contributed by atoms with Gasteiger partial charge in [-0.1, -0.05) is 31.0 Å². The van der Waals surface area contributed by atoms with Crippen molar-refractivity contribution in [3.05, 3.63) is 36.5 Å². The monoisotopic (exact) mass is 271 g/mol. The van der Waals surface area contributed by atoms with E-state index in [9.17, 15) is 0 Å². The van der Waals surface area contributed by atoms with Crippen molar-refractivity contribution in [2.75, 3.05) is 5.32 Å². The zero-order valence-electron chi connectivity index (χ0n) is 10.7. The van der Waals surface area contributed by atoms with Crippen LogP contribution in [0.1, 0.15) is 25.7 Å². The number of para-hydroxylation sites is 1. The highest BCUT2D eigenvalue weighted by molar-refractivity contribution is 7.80. The molecule has 1 aromatic carbocycles. The van der Waals surface area contributed by atoms with Crippen LogP contribution in [-0.2, 0) is 0 Å². The topological polar surface area (TPSA) is 37.0 Å². The van der Waals surface area contributed by atoms with Gasteiger partial charge in [-0.15, -0.1) is 0 Å². The van der Waals surface area contributed by atoms with Crippen LogP contribution >= 0.6 is 12.2 Å². The summed E-state index contributed by atoms with van der Waals surface area (Å²) < 4.78 is 0. The van der Waals surface area contributed by atoms with Crippen molar-refractivity contribution in [1.29, 1.82) is 0 Å². The number of nitrogens with zero attached hydrogens (tertiary/aromatic N) is 1. The zero-order chi connectivity index (χ0) is 13.1. The molecule has 4 heteroatoms. The lowest BCUT2D eigenvalue weighted by atomic mass is 10.2. The maximum absolute atomic E-state index is 5.35. The zero-order valence-corrected chi connectivity index (χ0v) is 11.5. The van der Waals surface area contributed by atoms with Crippen LogP contribution < -0.4 is 10.6 Å². The molecule has 0 spiro atoms. The molecule has 0 saturated heterocycles. The second-order valence-corrected chi connectivity index (χ2v) is 5.40. The molecule has 3 rings (SSSR count). The average Bonchev–Trinajstić information content (AvgIpc) is 2.91. The van der Waals surface area contributed by atoms with Gasteiger partial charge in [0.15, 0.2) is 5.11 Å². The standard InChI is InChI=1S/C15H17N3S/c19-15(17-12-6-2-3-7-12)18-13-9-11-5-1-4-8-14(11)16-10-13/h1,4-5,8-10,12H,2-3,6-7H2,(H2,17,18,19). The van der Waals surface area contributed by atoms with Crippen molar-refractivity contribution in [2.45, 2.75) is 31.7 Å². The van der Waals surface area contributed by atoms with Crippen LogP contribution in [0.2, 0.25) is 0 Å². The van der Waals surface area contributed by atoms with Crippen LogP contribution in [0.25, 0.3) is 10.9 Å². The van der Waals surface area contributed by atoms with E-state index in [-0.39, 0.29) is 0 Å².